The minimum atomic E-state index is -0.555. The van der Waals surface area contributed by atoms with Crippen LogP contribution >= 0.6 is 0 Å². The Morgan fingerprint density at radius 2 is 1.07 bits per heavy atom. The average Bonchev–Trinajstić information content (AvgIpc) is 2.57. The molecule has 88 valence electrons. The minimum absolute atomic E-state index is 0.0590. The molecule has 3 nitrogen and oxygen atoms in total. The van der Waals surface area contributed by atoms with Crippen molar-refractivity contribution >= 4 is 0 Å². The van der Waals surface area contributed by atoms with E-state index in [9.17, 15) is 0 Å². The predicted octanol–water partition coefficient (Wildman–Crippen LogP) is 3.24. The fourth-order valence-corrected chi connectivity index (χ4v) is 2.26. The molecule has 0 amide bonds. The highest BCUT2D eigenvalue weighted by Gasteiger charge is 2.68. The fraction of sp³-hybridized carbons (Fsp3) is 1.00. The second kappa shape index (κ2) is 2.76. The number of hydrogen-bond acceptors (Lipinski definition) is 3. The first-order chi connectivity index (χ1) is 6.62. The van der Waals surface area contributed by atoms with Crippen LogP contribution in [0.4, 0.5) is 0 Å². The van der Waals surface area contributed by atoms with Crippen LogP contribution in [0.5, 0.6) is 0 Å². The monoisotopic (exact) mass is 214 g/mol. The second-order valence-corrected chi connectivity index (χ2v) is 6.77. The maximum absolute atomic E-state index is 6.13. The largest absolute Gasteiger partial charge is 0.311 e. The smallest absolute Gasteiger partial charge is 0.209 e. The Kier molecular flexibility index (Phi) is 2.09. The van der Waals surface area contributed by atoms with Gasteiger partial charge in [-0.25, -0.2) is 0 Å². The van der Waals surface area contributed by atoms with E-state index in [0.717, 1.165) is 12.8 Å². The summed E-state index contributed by atoms with van der Waals surface area (Å²) in [5.41, 5.74) is -0.118. The standard InChI is InChI=1S/C12H22O3/c1-9(2,3)11-7-8-12(13-11,15-14-11)10(4,5)6/h7-8H2,1-6H3/t11-,12+. The van der Waals surface area contributed by atoms with Crippen LogP contribution in [0.1, 0.15) is 54.4 Å². The first-order valence-corrected chi connectivity index (χ1v) is 5.69. The zero-order chi connectivity index (χ0) is 11.5. The Balaban J connectivity index is 2.29. The molecular weight excluding hydrogens is 192 g/mol. The molecule has 0 aliphatic carbocycles. The van der Waals surface area contributed by atoms with Crippen molar-refractivity contribution in [2.24, 2.45) is 10.8 Å². The molecule has 2 rings (SSSR count). The highest BCUT2D eigenvalue weighted by molar-refractivity contribution is 5.00. The van der Waals surface area contributed by atoms with Gasteiger partial charge in [-0.15, -0.1) is 0 Å². The molecule has 0 aromatic carbocycles. The summed E-state index contributed by atoms with van der Waals surface area (Å²) >= 11 is 0. The number of hydrogen-bond donors (Lipinski definition) is 0. The van der Waals surface area contributed by atoms with E-state index in [-0.39, 0.29) is 10.8 Å². The van der Waals surface area contributed by atoms with Gasteiger partial charge in [0.05, 0.1) is 0 Å². The molecule has 2 bridgehead atoms. The van der Waals surface area contributed by atoms with Gasteiger partial charge in [0.15, 0.2) is 0 Å². The lowest BCUT2D eigenvalue weighted by molar-refractivity contribution is -0.401. The molecule has 2 heterocycles. The number of rotatable bonds is 0. The lowest BCUT2D eigenvalue weighted by Gasteiger charge is -2.34. The van der Waals surface area contributed by atoms with E-state index >= 15 is 0 Å². The van der Waals surface area contributed by atoms with Crippen LogP contribution in [0.3, 0.4) is 0 Å². The van der Waals surface area contributed by atoms with Crippen molar-refractivity contribution in [2.75, 3.05) is 0 Å². The van der Waals surface area contributed by atoms with Gasteiger partial charge >= 0.3 is 0 Å². The van der Waals surface area contributed by atoms with Gasteiger partial charge in [0, 0.05) is 23.7 Å². The Bertz CT molecular complexity index is 234. The molecule has 0 spiro atoms. The van der Waals surface area contributed by atoms with E-state index in [2.05, 4.69) is 41.5 Å². The van der Waals surface area contributed by atoms with Gasteiger partial charge in [0.1, 0.15) is 0 Å². The van der Waals surface area contributed by atoms with Crippen molar-refractivity contribution in [1.29, 1.82) is 0 Å². The maximum atomic E-state index is 6.13. The van der Waals surface area contributed by atoms with Crippen LogP contribution in [0.25, 0.3) is 0 Å². The third kappa shape index (κ3) is 1.37. The summed E-state index contributed by atoms with van der Waals surface area (Å²) in [5.74, 6) is -1.11. The maximum Gasteiger partial charge on any atom is 0.209 e. The second-order valence-electron chi connectivity index (χ2n) is 6.77. The van der Waals surface area contributed by atoms with E-state index in [1.807, 2.05) is 0 Å². The first-order valence-electron chi connectivity index (χ1n) is 5.69. The Labute approximate surface area is 92.0 Å². The molecule has 0 N–H and O–H groups in total. The normalized spacial score (nSPS) is 41.2. The molecule has 0 saturated carbocycles. The molecule has 2 fully saturated rings. The summed E-state index contributed by atoms with van der Waals surface area (Å²) in [5, 5.41) is 0. The highest BCUT2D eigenvalue weighted by atomic mass is 17.3. The summed E-state index contributed by atoms with van der Waals surface area (Å²) in [4.78, 5) is 11.0. The van der Waals surface area contributed by atoms with Crippen LogP contribution in [-0.2, 0) is 14.5 Å². The Hall–Kier alpha value is -0.120. The summed E-state index contributed by atoms with van der Waals surface area (Å²) < 4.78 is 6.13. The molecule has 0 aromatic rings. The molecule has 3 heteroatoms. The van der Waals surface area contributed by atoms with Gasteiger partial charge in [-0.1, -0.05) is 41.5 Å². The first kappa shape index (κ1) is 11.4. The third-order valence-corrected chi connectivity index (χ3v) is 3.71. The van der Waals surface area contributed by atoms with Crippen molar-refractivity contribution in [3.05, 3.63) is 0 Å². The summed E-state index contributed by atoms with van der Waals surface area (Å²) in [6.07, 6.45) is 1.82. The molecule has 2 saturated heterocycles. The van der Waals surface area contributed by atoms with E-state index in [1.165, 1.54) is 0 Å². The molecule has 0 unspecified atom stereocenters. The van der Waals surface area contributed by atoms with Gasteiger partial charge in [-0.05, 0) is 0 Å². The summed E-state index contributed by atoms with van der Waals surface area (Å²) in [6, 6.07) is 0. The van der Waals surface area contributed by atoms with Crippen LogP contribution in [0.15, 0.2) is 0 Å². The van der Waals surface area contributed by atoms with Crippen LogP contribution in [-0.4, -0.2) is 11.6 Å². The van der Waals surface area contributed by atoms with Crippen LogP contribution in [0, 0.1) is 10.8 Å². The van der Waals surface area contributed by atoms with Crippen molar-refractivity contribution in [3.8, 4) is 0 Å². The van der Waals surface area contributed by atoms with E-state index in [1.54, 1.807) is 0 Å². The molecule has 0 radical (unpaired) electrons. The quantitative estimate of drug-likeness (QED) is 0.579. The van der Waals surface area contributed by atoms with Crippen molar-refractivity contribution < 1.29 is 14.5 Å². The summed E-state index contributed by atoms with van der Waals surface area (Å²) in [6.45, 7) is 12.8. The van der Waals surface area contributed by atoms with E-state index in [0.29, 0.717) is 0 Å². The molecule has 2 aliphatic rings. The highest BCUT2D eigenvalue weighted by Crippen LogP contribution is 2.59. The van der Waals surface area contributed by atoms with Crippen molar-refractivity contribution in [3.63, 3.8) is 0 Å². The molecule has 2 aliphatic heterocycles. The van der Waals surface area contributed by atoms with Crippen molar-refractivity contribution in [2.45, 2.75) is 66.0 Å². The lowest BCUT2D eigenvalue weighted by atomic mass is 9.81. The number of ether oxygens (including phenoxy) is 1. The third-order valence-electron chi connectivity index (χ3n) is 3.71. The lowest BCUT2D eigenvalue weighted by Crippen LogP contribution is -2.42. The SMILES string of the molecule is CC(C)(C)[C@@]12CC[C@@](C(C)(C)C)(OO1)O2. The average molecular weight is 214 g/mol. The van der Waals surface area contributed by atoms with E-state index in [4.69, 9.17) is 14.5 Å². The predicted molar refractivity (Wildman–Crippen MR) is 56.9 cm³/mol. The van der Waals surface area contributed by atoms with Crippen LogP contribution < -0.4 is 0 Å². The zero-order valence-corrected chi connectivity index (χ0v) is 10.6. The molecule has 15 heavy (non-hydrogen) atoms. The van der Waals surface area contributed by atoms with Gasteiger partial charge in [0.2, 0.25) is 11.6 Å². The Morgan fingerprint density at radius 1 is 0.733 bits per heavy atom. The van der Waals surface area contributed by atoms with Crippen molar-refractivity contribution in [1.82, 2.24) is 0 Å². The minimum Gasteiger partial charge on any atom is -0.311 e. The van der Waals surface area contributed by atoms with Gasteiger partial charge in [-0.2, -0.15) is 9.78 Å². The molecule has 0 aromatic heterocycles. The number of fused-ring (bicyclic) bond motifs is 2. The fourth-order valence-electron chi connectivity index (χ4n) is 2.26. The Morgan fingerprint density at radius 3 is 1.20 bits per heavy atom. The van der Waals surface area contributed by atoms with Gasteiger partial charge in [-0.3, -0.25) is 0 Å². The van der Waals surface area contributed by atoms with Gasteiger partial charge in [0.25, 0.3) is 0 Å². The van der Waals surface area contributed by atoms with E-state index < -0.39 is 11.6 Å². The summed E-state index contributed by atoms with van der Waals surface area (Å²) in [7, 11) is 0. The topological polar surface area (TPSA) is 27.7 Å². The van der Waals surface area contributed by atoms with Crippen LogP contribution in [0.2, 0.25) is 0 Å². The molecular formula is C12H22O3. The molecule has 2 atom stereocenters. The van der Waals surface area contributed by atoms with Gasteiger partial charge < -0.3 is 4.74 Å². The zero-order valence-electron chi connectivity index (χ0n) is 10.6.